The monoisotopic (exact) mass is 541 g/mol. The summed E-state index contributed by atoms with van der Waals surface area (Å²) < 4.78 is 71.9. The van der Waals surface area contributed by atoms with Gasteiger partial charge in [-0.05, 0) is 50.8 Å². The summed E-state index contributed by atoms with van der Waals surface area (Å²) in [6.07, 6.45) is -1.40. The van der Waals surface area contributed by atoms with Crippen LogP contribution in [0.15, 0.2) is 23.0 Å². The van der Waals surface area contributed by atoms with E-state index >= 15 is 0 Å². The van der Waals surface area contributed by atoms with Crippen molar-refractivity contribution in [1.82, 2.24) is 19.6 Å². The van der Waals surface area contributed by atoms with Gasteiger partial charge in [-0.2, -0.15) is 13.2 Å². The molecule has 2 N–H and O–H groups in total. The number of ether oxygens (including phenoxy) is 1. The first-order valence-electron chi connectivity index (χ1n) is 12.3. The number of anilines is 1. The third-order valence-corrected chi connectivity index (χ3v) is 7.64. The molecule has 1 saturated carbocycles. The van der Waals surface area contributed by atoms with E-state index in [4.69, 9.17) is 4.74 Å². The Hall–Kier alpha value is -3.09. The molecule has 0 unspecified atom stereocenters. The fourth-order valence-electron chi connectivity index (χ4n) is 4.57. The first-order valence-corrected chi connectivity index (χ1v) is 14.0. The van der Waals surface area contributed by atoms with Gasteiger partial charge in [0.25, 0.3) is 5.56 Å². The number of hydrogen-bond acceptors (Lipinski definition) is 6. The van der Waals surface area contributed by atoms with Crippen LogP contribution in [0.2, 0.25) is 0 Å². The Bertz CT molecular complexity index is 1430. The second-order valence-electron chi connectivity index (χ2n) is 9.30. The number of fused-ring (bicyclic) bond motifs is 1. The average Bonchev–Trinajstić information content (AvgIpc) is 3.45. The number of halogens is 3. The van der Waals surface area contributed by atoms with Crippen LogP contribution in [0, 0.1) is 6.92 Å². The van der Waals surface area contributed by atoms with Crippen LogP contribution in [0.3, 0.4) is 0 Å². The molecule has 0 amide bonds. The molecule has 13 heteroatoms. The molecule has 1 fully saturated rings. The number of aromatic amines is 1. The van der Waals surface area contributed by atoms with Gasteiger partial charge in [0.15, 0.2) is 11.3 Å². The first kappa shape index (κ1) is 27.0. The third-order valence-electron chi connectivity index (χ3n) is 6.26. The number of nitrogens with one attached hydrogen (secondary N) is 2. The van der Waals surface area contributed by atoms with E-state index in [1.807, 2.05) is 6.92 Å². The maximum Gasteiger partial charge on any atom is 0.389 e. The van der Waals surface area contributed by atoms with Gasteiger partial charge in [-0.3, -0.25) is 9.52 Å². The predicted molar refractivity (Wildman–Crippen MR) is 133 cm³/mol. The summed E-state index contributed by atoms with van der Waals surface area (Å²) in [7, 11) is -4.04. The van der Waals surface area contributed by atoms with Gasteiger partial charge in [-0.1, -0.05) is 19.8 Å². The van der Waals surface area contributed by atoms with E-state index in [2.05, 4.69) is 19.8 Å². The highest BCUT2D eigenvalue weighted by Gasteiger charge is 2.28. The molecule has 37 heavy (non-hydrogen) atoms. The molecule has 2 heterocycles. The second kappa shape index (κ2) is 10.7. The number of alkyl halides is 3. The van der Waals surface area contributed by atoms with Crippen LogP contribution in [0.1, 0.15) is 69.3 Å². The lowest BCUT2D eigenvalue weighted by atomic mass is 10.1. The van der Waals surface area contributed by atoms with Crippen molar-refractivity contribution in [2.45, 2.75) is 70.9 Å². The molecule has 0 bridgehead atoms. The number of nitrogens with zero attached hydrogens (tertiary/aromatic N) is 3. The van der Waals surface area contributed by atoms with E-state index in [9.17, 15) is 26.4 Å². The molecule has 3 aromatic rings. The van der Waals surface area contributed by atoms with Gasteiger partial charge in [0, 0.05) is 18.0 Å². The minimum atomic E-state index is -4.43. The summed E-state index contributed by atoms with van der Waals surface area (Å²) >= 11 is 0. The van der Waals surface area contributed by atoms with Crippen molar-refractivity contribution in [2.24, 2.45) is 0 Å². The predicted octanol–water partition coefficient (Wildman–Crippen LogP) is 4.92. The van der Waals surface area contributed by atoms with Crippen LogP contribution in [0.5, 0.6) is 5.75 Å². The van der Waals surface area contributed by atoms with E-state index < -0.39 is 34.8 Å². The minimum absolute atomic E-state index is 0.117. The van der Waals surface area contributed by atoms with Crippen molar-refractivity contribution in [3.63, 3.8) is 0 Å². The van der Waals surface area contributed by atoms with Crippen molar-refractivity contribution in [2.75, 3.05) is 17.1 Å². The molecule has 0 aliphatic heterocycles. The molecule has 202 valence electrons. The molecule has 9 nitrogen and oxygen atoms in total. The van der Waals surface area contributed by atoms with Crippen LogP contribution in [-0.4, -0.2) is 46.5 Å². The van der Waals surface area contributed by atoms with Crippen molar-refractivity contribution in [1.29, 1.82) is 0 Å². The van der Waals surface area contributed by atoms with Crippen LogP contribution in [-0.2, 0) is 10.0 Å². The van der Waals surface area contributed by atoms with Gasteiger partial charge < -0.3 is 9.72 Å². The van der Waals surface area contributed by atoms with Crippen LogP contribution in [0.4, 0.5) is 18.9 Å². The lowest BCUT2D eigenvalue weighted by Gasteiger charge is -2.15. The summed E-state index contributed by atoms with van der Waals surface area (Å²) in [6, 6.07) is 4.45. The molecule has 0 spiro atoms. The maximum atomic E-state index is 13.1. The standard InChI is InChI=1S/C24H30F3N5O4S/c1-3-12-36-19-10-9-17(31-37(34,35)13-6-11-24(25,26)27)14-18(19)21-29-23(33)20-15(2)28-22(32(20)30-21)16-7-4-5-8-16/h9-10,14,16,31H,3-8,11-13H2,1-2H3,(H,29,30,33). The summed E-state index contributed by atoms with van der Waals surface area (Å²) in [5.41, 5.74) is 0.991. The van der Waals surface area contributed by atoms with Crippen LogP contribution in [0.25, 0.3) is 16.9 Å². The van der Waals surface area contributed by atoms with E-state index in [0.717, 1.165) is 31.5 Å². The third kappa shape index (κ3) is 6.43. The zero-order valence-electron chi connectivity index (χ0n) is 20.7. The summed E-state index contributed by atoms with van der Waals surface area (Å²) in [4.78, 5) is 20.4. The fourth-order valence-corrected chi connectivity index (χ4v) is 5.68. The van der Waals surface area contributed by atoms with E-state index in [1.54, 1.807) is 17.5 Å². The molecule has 0 radical (unpaired) electrons. The van der Waals surface area contributed by atoms with Gasteiger partial charge in [0.2, 0.25) is 10.0 Å². The topological polar surface area (TPSA) is 118 Å². The number of hydrogen-bond donors (Lipinski definition) is 2. The Kier molecular flexibility index (Phi) is 7.81. The van der Waals surface area contributed by atoms with Crippen molar-refractivity contribution < 1.29 is 26.3 Å². The van der Waals surface area contributed by atoms with Gasteiger partial charge in [0.1, 0.15) is 11.6 Å². The number of rotatable bonds is 10. The number of sulfonamides is 1. The Labute approximate surface area is 212 Å². The fraction of sp³-hybridized carbons (Fsp3) is 0.542. The first-order chi connectivity index (χ1) is 17.5. The lowest BCUT2D eigenvalue weighted by molar-refractivity contribution is -0.134. The molecule has 4 rings (SSSR count). The Morgan fingerprint density at radius 2 is 1.97 bits per heavy atom. The van der Waals surface area contributed by atoms with Gasteiger partial charge in [0.05, 0.1) is 23.6 Å². The van der Waals surface area contributed by atoms with E-state index in [-0.39, 0.29) is 23.0 Å². The van der Waals surface area contributed by atoms with Gasteiger partial charge in [-0.25, -0.2) is 17.9 Å². The Morgan fingerprint density at radius 3 is 2.65 bits per heavy atom. The zero-order valence-corrected chi connectivity index (χ0v) is 21.5. The SMILES string of the molecule is CCCOc1ccc(NS(=O)(=O)CCCC(F)(F)F)cc1-c1nn2c(C3CCCC3)nc(C)c2c(=O)[nH]1. The Morgan fingerprint density at radius 1 is 1.24 bits per heavy atom. The highest BCUT2D eigenvalue weighted by Crippen LogP contribution is 2.35. The smallest absolute Gasteiger partial charge is 0.389 e. The Balaban J connectivity index is 1.72. The summed E-state index contributed by atoms with van der Waals surface area (Å²) in [6.45, 7) is 4.06. The molecule has 1 aromatic carbocycles. The number of imidazole rings is 1. The second-order valence-corrected chi connectivity index (χ2v) is 11.1. The zero-order chi connectivity index (χ0) is 26.8. The number of aryl methyl sites for hydroxylation is 1. The highest BCUT2D eigenvalue weighted by atomic mass is 32.2. The van der Waals surface area contributed by atoms with Crippen molar-refractivity contribution in [3.8, 4) is 17.1 Å². The molecule has 1 aliphatic rings. The summed E-state index contributed by atoms with van der Waals surface area (Å²) in [5.74, 6) is 0.765. The highest BCUT2D eigenvalue weighted by molar-refractivity contribution is 7.92. The van der Waals surface area contributed by atoms with E-state index in [0.29, 0.717) is 35.6 Å². The van der Waals surface area contributed by atoms with E-state index in [1.165, 1.54) is 12.1 Å². The van der Waals surface area contributed by atoms with Gasteiger partial charge >= 0.3 is 6.18 Å². The number of benzene rings is 1. The maximum absolute atomic E-state index is 13.1. The molecule has 2 aromatic heterocycles. The quantitative estimate of drug-likeness (QED) is 0.376. The lowest BCUT2D eigenvalue weighted by Crippen LogP contribution is -2.19. The number of H-pyrrole nitrogens is 1. The molecule has 0 atom stereocenters. The molecular formula is C24H30F3N5O4S. The minimum Gasteiger partial charge on any atom is -0.493 e. The normalized spacial score (nSPS) is 14.9. The summed E-state index contributed by atoms with van der Waals surface area (Å²) in [5, 5.41) is 4.67. The van der Waals surface area contributed by atoms with Crippen molar-refractivity contribution >= 4 is 21.2 Å². The molecular weight excluding hydrogens is 511 g/mol. The molecule has 1 aliphatic carbocycles. The largest absolute Gasteiger partial charge is 0.493 e. The average molecular weight is 542 g/mol. The van der Waals surface area contributed by atoms with Gasteiger partial charge in [-0.15, -0.1) is 5.10 Å². The van der Waals surface area contributed by atoms with Crippen LogP contribution >= 0.6 is 0 Å². The van der Waals surface area contributed by atoms with Crippen LogP contribution < -0.4 is 15.0 Å². The number of aromatic nitrogens is 4. The molecule has 0 saturated heterocycles. The van der Waals surface area contributed by atoms with Crippen molar-refractivity contribution in [3.05, 3.63) is 40.1 Å².